The molecule has 1 amide bonds. The summed E-state index contributed by atoms with van der Waals surface area (Å²) in [4.78, 5) is 30.3. The summed E-state index contributed by atoms with van der Waals surface area (Å²) in [5.41, 5.74) is 8.69. The molecule has 1 atom stereocenters. The van der Waals surface area contributed by atoms with Crippen molar-refractivity contribution in [1.82, 2.24) is 34.8 Å². The number of anilines is 1. The topological polar surface area (TPSA) is 94.5 Å². The number of nitrogens with one attached hydrogen (secondary N) is 2. The zero-order valence-corrected chi connectivity index (χ0v) is 22.4. The zero-order valence-electron chi connectivity index (χ0n) is 22.4. The van der Waals surface area contributed by atoms with E-state index in [-0.39, 0.29) is 17.9 Å². The van der Waals surface area contributed by atoms with Gasteiger partial charge in [-0.05, 0) is 62.8 Å². The highest BCUT2D eigenvalue weighted by atomic mass is 16.2. The minimum atomic E-state index is 0.198. The molecule has 2 N–H and O–H groups in total. The van der Waals surface area contributed by atoms with Crippen LogP contribution in [0, 0.1) is 13.8 Å². The number of hydrogen-bond acceptors (Lipinski definition) is 6. The fourth-order valence-electron chi connectivity index (χ4n) is 5.62. The van der Waals surface area contributed by atoms with E-state index in [2.05, 4.69) is 78.2 Å². The van der Waals surface area contributed by atoms with E-state index >= 15 is 0 Å². The summed E-state index contributed by atoms with van der Waals surface area (Å²) in [6, 6.07) is 5.00. The number of fused-ring (bicyclic) bond motifs is 2. The van der Waals surface area contributed by atoms with Crippen molar-refractivity contribution in [2.24, 2.45) is 0 Å². The molecule has 1 aliphatic heterocycles. The van der Waals surface area contributed by atoms with Gasteiger partial charge in [-0.15, -0.1) is 0 Å². The van der Waals surface area contributed by atoms with Crippen LogP contribution in [-0.2, 0) is 4.79 Å². The highest BCUT2D eigenvalue weighted by molar-refractivity contribution is 5.90. The number of nitrogens with zero attached hydrogens (tertiary/aromatic N) is 6. The molecule has 0 spiro atoms. The smallest absolute Gasteiger partial charge is 0.236 e. The van der Waals surface area contributed by atoms with Gasteiger partial charge < -0.3 is 20.1 Å². The summed E-state index contributed by atoms with van der Waals surface area (Å²) in [6.07, 6.45) is 6.06. The first-order valence-electron chi connectivity index (χ1n) is 13.4. The highest BCUT2D eigenvalue weighted by Gasteiger charge is 2.30. The molecule has 0 unspecified atom stereocenters. The second-order valence-electron chi connectivity index (χ2n) is 11.0. The van der Waals surface area contributed by atoms with Crippen molar-refractivity contribution < 1.29 is 4.79 Å². The maximum absolute atomic E-state index is 12.7. The molecular weight excluding hydrogens is 464 g/mol. The van der Waals surface area contributed by atoms with Crippen molar-refractivity contribution in [2.45, 2.75) is 65.5 Å². The Morgan fingerprint density at radius 1 is 1.19 bits per heavy atom. The Labute approximate surface area is 217 Å². The van der Waals surface area contributed by atoms with E-state index in [1.54, 1.807) is 6.33 Å². The number of piperazine rings is 1. The van der Waals surface area contributed by atoms with Crippen molar-refractivity contribution in [3.8, 4) is 11.3 Å². The summed E-state index contributed by atoms with van der Waals surface area (Å²) in [5.74, 6) is 1.45. The third-order valence-corrected chi connectivity index (χ3v) is 8.03. The van der Waals surface area contributed by atoms with Crippen molar-refractivity contribution in [1.29, 1.82) is 0 Å². The maximum Gasteiger partial charge on any atom is 0.236 e. The Hall–Kier alpha value is -3.46. The molecule has 2 aliphatic rings. The zero-order chi connectivity index (χ0) is 25.8. The first kappa shape index (κ1) is 23.9. The Morgan fingerprint density at radius 3 is 2.73 bits per heavy atom. The average molecular weight is 501 g/mol. The Bertz CT molecular complexity index is 1480. The van der Waals surface area contributed by atoms with Gasteiger partial charge in [0.25, 0.3) is 0 Å². The van der Waals surface area contributed by atoms with Crippen LogP contribution >= 0.6 is 0 Å². The Morgan fingerprint density at radius 2 is 2.00 bits per heavy atom. The molecule has 1 saturated carbocycles. The molecule has 2 fully saturated rings. The summed E-state index contributed by atoms with van der Waals surface area (Å²) in [7, 11) is 0. The van der Waals surface area contributed by atoms with Crippen LogP contribution < -0.4 is 10.2 Å². The molecule has 1 aliphatic carbocycles. The van der Waals surface area contributed by atoms with Gasteiger partial charge in [-0.25, -0.2) is 14.5 Å². The third-order valence-electron chi connectivity index (χ3n) is 8.03. The molecule has 4 aromatic rings. The van der Waals surface area contributed by atoms with Gasteiger partial charge in [0.1, 0.15) is 12.1 Å². The van der Waals surface area contributed by atoms with Gasteiger partial charge >= 0.3 is 0 Å². The molecule has 5 heterocycles. The lowest BCUT2D eigenvalue weighted by Crippen LogP contribution is -2.55. The molecule has 0 radical (unpaired) electrons. The van der Waals surface area contributed by atoms with Crippen LogP contribution in [0.25, 0.3) is 27.9 Å². The number of amides is 1. The normalized spacial score (nSPS) is 18.5. The molecule has 0 bridgehead atoms. The lowest BCUT2D eigenvalue weighted by Gasteiger charge is -2.40. The maximum atomic E-state index is 12.7. The number of aryl methyl sites for hydroxylation is 1. The van der Waals surface area contributed by atoms with E-state index in [4.69, 9.17) is 4.98 Å². The number of carbonyl (C=O) groups excluding carboxylic acids is 1. The molecule has 6 rings (SSSR count). The van der Waals surface area contributed by atoms with Crippen LogP contribution in [0.15, 0.2) is 24.7 Å². The van der Waals surface area contributed by atoms with Crippen molar-refractivity contribution >= 4 is 28.4 Å². The van der Waals surface area contributed by atoms with E-state index in [1.807, 2.05) is 9.42 Å². The number of aromatic amines is 1. The third kappa shape index (κ3) is 4.25. The van der Waals surface area contributed by atoms with E-state index in [9.17, 15) is 4.79 Å². The van der Waals surface area contributed by atoms with Gasteiger partial charge in [-0.1, -0.05) is 13.8 Å². The van der Waals surface area contributed by atoms with Crippen LogP contribution in [0.2, 0.25) is 0 Å². The molecular formula is C28H36N8O. The van der Waals surface area contributed by atoms with Crippen LogP contribution in [0.4, 0.5) is 5.82 Å². The number of carbonyl (C=O) groups is 1. The highest BCUT2D eigenvalue weighted by Crippen LogP contribution is 2.38. The molecule has 4 aromatic heterocycles. The lowest BCUT2D eigenvalue weighted by atomic mass is 9.95. The molecule has 194 valence electrons. The second-order valence-corrected chi connectivity index (χ2v) is 11.0. The first-order chi connectivity index (χ1) is 17.8. The van der Waals surface area contributed by atoms with Gasteiger partial charge in [0, 0.05) is 49.0 Å². The number of rotatable bonds is 6. The van der Waals surface area contributed by atoms with Gasteiger partial charge in [-0.3, -0.25) is 4.79 Å². The average Bonchev–Trinajstić information content (AvgIpc) is 3.45. The summed E-state index contributed by atoms with van der Waals surface area (Å²) < 4.78 is 1.86. The van der Waals surface area contributed by atoms with E-state index in [0.717, 1.165) is 59.0 Å². The predicted molar refractivity (Wildman–Crippen MR) is 146 cm³/mol. The molecule has 1 saturated heterocycles. The Kier molecular flexibility index (Phi) is 5.90. The number of aromatic nitrogens is 5. The molecule has 0 aromatic carbocycles. The molecule has 37 heavy (non-hydrogen) atoms. The standard InChI is InChI=1S/C28H36N8O/c1-16(2)25-26(21-14-36-28(30-15-31-36)19(5)18(21)4)32-22-8-9-23(33-27(22)25)35-11-10-34(13-17(35)3)24(37)12-29-20-6-7-20/h8-9,14-17,20,29,32H,6-7,10-13H2,1-5H3/t17-/m0/s1. The van der Waals surface area contributed by atoms with Gasteiger partial charge in [0.2, 0.25) is 5.91 Å². The Balaban J connectivity index is 1.32. The lowest BCUT2D eigenvalue weighted by molar-refractivity contribution is -0.131. The fraction of sp³-hybridized carbons (Fsp3) is 0.500. The van der Waals surface area contributed by atoms with Crippen molar-refractivity contribution in [2.75, 3.05) is 31.1 Å². The SMILES string of the molecule is Cc1c(-c2[nH]c3ccc(N4CCN(C(=O)CNC5CC5)C[C@@H]4C)nc3c2C(C)C)cn2ncnc2c1C. The fourth-order valence-corrected chi connectivity index (χ4v) is 5.62. The van der Waals surface area contributed by atoms with Crippen LogP contribution in [0.1, 0.15) is 56.2 Å². The number of pyridine rings is 2. The van der Waals surface area contributed by atoms with Crippen molar-refractivity contribution in [3.63, 3.8) is 0 Å². The summed E-state index contributed by atoms with van der Waals surface area (Å²) >= 11 is 0. The second kappa shape index (κ2) is 9.13. The minimum Gasteiger partial charge on any atom is -0.353 e. The summed E-state index contributed by atoms with van der Waals surface area (Å²) in [5, 5.41) is 7.75. The minimum absolute atomic E-state index is 0.198. The molecule has 9 nitrogen and oxygen atoms in total. The van der Waals surface area contributed by atoms with Crippen LogP contribution in [0.3, 0.4) is 0 Å². The first-order valence-corrected chi connectivity index (χ1v) is 13.4. The van der Waals surface area contributed by atoms with Crippen molar-refractivity contribution in [3.05, 3.63) is 41.3 Å². The molecule has 9 heteroatoms. The van der Waals surface area contributed by atoms with Crippen LogP contribution in [-0.4, -0.2) is 73.6 Å². The number of hydrogen-bond donors (Lipinski definition) is 2. The predicted octanol–water partition coefficient (Wildman–Crippen LogP) is 3.80. The van der Waals surface area contributed by atoms with E-state index in [0.29, 0.717) is 12.6 Å². The number of H-pyrrole nitrogens is 1. The quantitative estimate of drug-likeness (QED) is 0.418. The van der Waals surface area contributed by atoms with Gasteiger partial charge in [0.05, 0.1) is 23.3 Å². The largest absolute Gasteiger partial charge is 0.353 e. The van der Waals surface area contributed by atoms with Crippen LogP contribution in [0.5, 0.6) is 0 Å². The monoisotopic (exact) mass is 500 g/mol. The van der Waals surface area contributed by atoms with Gasteiger partial charge in [-0.2, -0.15) is 5.10 Å². The summed E-state index contributed by atoms with van der Waals surface area (Å²) in [6.45, 7) is 13.6. The van der Waals surface area contributed by atoms with Gasteiger partial charge in [0.15, 0.2) is 5.65 Å². The van der Waals surface area contributed by atoms with E-state index < -0.39 is 0 Å². The van der Waals surface area contributed by atoms with E-state index in [1.165, 1.54) is 24.0 Å².